The molecule has 2 aliphatic rings. The zero-order valence-corrected chi connectivity index (χ0v) is 25.8. The number of halogens is 4. The minimum absolute atomic E-state index is 0. The predicted octanol–water partition coefficient (Wildman–Crippen LogP) is -5.63. The molecule has 170 valence electrons. The Labute approximate surface area is 216 Å². The first-order chi connectivity index (χ1) is 9.11. The van der Waals surface area contributed by atoms with Gasteiger partial charge in [0.05, 0.1) is 0 Å². The summed E-state index contributed by atoms with van der Waals surface area (Å²) in [6, 6.07) is 0. The van der Waals surface area contributed by atoms with Gasteiger partial charge in [0.1, 0.15) is 0 Å². The zero-order valence-electron chi connectivity index (χ0n) is 18.0. The van der Waals surface area contributed by atoms with E-state index < -0.39 is 0 Å². The topological polar surface area (TPSA) is 0 Å². The standard InChI is InChI=1S/2C10H20.4ClH.2Ir/c2*1-6-7(2)9(4)10(5)8(6)3;;;;;;/h2*6-10H,1-5H3;4*1H;;/p-4. The fourth-order valence-corrected chi connectivity index (χ4v) is 4.79. The number of hydrogen-bond donors (Lipinski definition) is 0. The average Bonchev–Trinajstić information content (AvgIpc) is 2.71. The fraction of sp³-hybridized carbons (Fsp3) is 1.00. The van der Waals surface area contributed by atoms with Crippen LogP contribution in [0.3, 0.4) is 0 Å². The monoisotopic (exact) mass is 806 g/mol. The molecular weight excluding hydrogens is 766 g/mol. The summed E-state index contributed by atoms with van der Waals surface area (Å²) < 4.78 is 0. The third-order valence-corrected chi connectivity index (χ3v) is 8.29. The molecule has 2 rings (SSSR count). The molecule has 2 aliphatic carbocycles. The SMILES string of the molecule is CC1C(C)C(C)C(C)C1C.CC1C(C)C(C)C(C)C1C.[Cl-].[Cl-].[Cl-].[Cl-].[Ir].[Ir]. The normalized spacial score (nSPS) is 42.7. The van der Waals surface area contributed by atoms with Crippen molar-refractivity contribution in [2.75, 3.05) is 0 Å². The maximum absolute atomic E-state index is 2.40. The molecule has 0 bridgehead atoms. The summed E-state index contributed by atoms with van der Waals surface area (Å²) >= 11 is 0. The molecular formula is C20H40Cl4Ir2-4. The Kier molecular flexibility index (Phi) is 29.9. The van der Waals surface area contributed by atoms with Crippen molar-refractivity contribution in [1.82, 2.24) is 0 Å². The Balaban J connectivity index is -0.0000000625. The van der Waals surface area contributed by atoms with E-state index >= 15 is 0 Å². The minimum atomic E-state index is 0. The molecule has 0 aliphatic heterocycles. The van der Waals surface area contributed by atoms with E-state index in [9.17, 15) is 0 Å². The maximum atomic E-state index is 2.40. The van der Waals surface area contributed by atoms with Crippen LogP contribution in [0.5, 0.6) is 0 Å². The van der Waals surface area contributed by atoms with Gasteiger partial charge in [0.15, 0.2) is 0 Å². The summed E-state index contributed by atoms with van der Waals surface area (Å²) in [5, 5.41) is 0. The van der Waals surface area contributed by atoms with Crippen molar-refractivity contribution in [2.45, 2.75) is 69.2 Å². The van der Waals surface area contributed by atoms with Gasteiger partial charge in [-0.3, -0.25) is 0 Å². The molecule has 26 heavy (non-hydrogen) atoms. The summed E-state index contributed by atoms with van der Waals surface area (Å²) in [6.07, 6.45) is 0. The van der Waals surface area contributed by atoms with Crippen LogP contribution in [0.2, 0.25) is 0 Å². The summed E-state index contributed by atoms with van der Waals surface area (Å²) in [7, 11) is 0. The molecule has 0 nitrogen and oxygen atoms in total. The van der Waals surface area contributed by atoms with Crippen LogP contribution < -0.4 is 49.6 Å². The largest absolute Gasteiger partial charge is 1.00 e. The maximum Gasteiger partial charge on any atom is 0 e. The summed E-state index contributed by atoms with van der Waals surface area (Å²) in [6.45, 7) is 24.0. The molecule has 0 atom stereocenters. The predicted molar refractivity (Wildman–Crippen MR) is 91.6 cm³/mol. The second-order valence-corrected chi connectivity index (χ2v) is 8.59. The molecule has 0 heterocycles. The van der Waals surface area contributed by atoms with Crippen LogP contribution in [0.4, 0.5) is 0 Å². The van der Waals surface area contributed by atoms with E-state index in [-0.39, 0.29) is 89.8 Å². The first-order valence-corrected chi connectivity index (χ1v) is 9.11. The number of rotatable bonds is 0. The molecule has 0 saturated heterocycles. The van der Waals surface area contributed by atoms with Crippen molar-refractivity contribution >= 4 is 0 Å². The van der Waals surface area contributed by atoms with E-state index in [2.05, 4.69) is 69.2 Å². The Morgan fingerprint density at radius 1 is 0.231 bits per heavy atom. The smallest absolute Gasteiger partial charge is 0 e. The van der Waals surface area contributed by atoms with Crippen LogP contribution in [0, 0.1) is 59.2 Å². The second-order valence-electron chi connectivity index (χ2n) is 8.59. The third-order valence-electron chi connectivity index (χ3n) is 8.29. The molecule has 2 radical (unpaired) electrons. The van der Waals surface area contributed by atoms with Gasteiger partial charge in [-0.2, -0.15) is 0 Å². The van der Waals surface area contributed by atoms with Crippen LogP contribution in [0.25, 0.3) is 0 Å². The molecule has 0 aromatic heterocycles. The van der Waals surface area contributed by atoms with Crippen molar-refractivity contribution in [3.05, 3.63) is 0 Å². The van der Waals surface area contributed by atoms with Crippen molar-refractivity contribution < 1.29 is 89.8 Å². The summed E-state index contributed by atoms with van der Waals surface area (Å²) in [5.41, 5.74) is 0. The van der Waals surface area contributed by atoms with Gasteiger partial charge >= 0.3 is 0 Å². The minimum Gasteiger partial charge on any atom is -1.00 e. The van der Waals surface area contributed by atoms with Gasteiger partial charge in [0.2, 0.25) is 0 Å². The van der Waals surface area contributed by atoms with Gasteiger partial charge in [0, 0.05) is 40.2 Å². The molecule has 6 heteroatoms. The molecule has 0 aromatic carbocycles. The summed E-state index contributed by atoms with van der Waals surface area (Å²) in [4.78, 5) is 0. The quantitative estimate of drug-likeness (QED) is 0.230. The third kappa shape index (κ3) is 9.51. The Bertz CT molecular complexity index is 201. The Morgan fingerprint density at radius 2 is 0.269 bits per heavy atom. The molecule has 0 spiro atoms. The van der Waals surface area contributed by atoms with Crippen molar-refractivity contribution in [2.24, 2.45) is 59.2 Å². The van der Waals surface area contributed by atoms with Gasteiger partial charge in [-0.1, -0.05) is 69.2 Å². The van der Waals surface area contributed by atoms with Crippen LogP contribution in [0.15, 0.2) is 0 Å². The van der Waals surface area contributed by atoms with Gasteiger partial charge in [-0.05, 0) is 59.2 Å². The molecule has 0 unspecified atom stereocenters. The molecule has 0 aromatic rings. The Morgan fingerprint density at radius 3 is 0.308 bits per heavy atom. The van der Waals surface area contributed by atoms with Crippen molar-refractivity contribution in [3.63, 3.8) is 0 Å². The van der Waals surface area contributed by atoms with E-state index in [1.54, 1.807) is 0 Å². The van der Waals surface area contributed by atoms with Crippen LogP contribution in [-0.2, 0) is 40.2 Å². The molecule has 0 amide bonds. The Hall–Kier alpha value is 2.46. The summed E-state index contributed by atoms with van der Waals surface area (Å²) in [5.74, 6) is 9.35. The van der Waals surface area contributed by atoms with E-state index in [0.29, 0.717) is 0 Å². The second kappa shape index (κ2) is 18.2. The molecule has 2 saturated carbocycles. The van der Waals surface area contributed by atoms with E-state index in [0.717, 1.165) is 59.2 Å². The van der Waals surface area contributed by atoms with Crippen LogP contribution in [-0.4, -0.2) is 0 Å². The van der Waals surface area contributed by atoms with E-state index in [1.165, 1.54) is 0 Å². The molecule has 2 fully saturated rings. The van der Waals surface area contributed by atoms with Crippen LogP contribution >= 0.6 is 0 Å². The van der Waals surface area contributed by atoms with Crippen LogP contribution in [0.1, 0.15) is 69.2 Å². The van der Waals surface area contributed by atoms with Crippen molar-refractivity contribution in [3.8, 4) is 0 Å². The van der Waals surface area contributed by atoms with Crippen molar-refractivity contribution in [1.29, 1.82) is 0 Å². The van der Waals surface area contributed by atoms with E-state index in [1.807, 2.05) is 0 Å². The molecule has 0 N–H and O–H groups in total. The van der Waals surface area contributed by atoms with Gasteiger partial charge in [-0.15, -0.1) is 0 Å². The average molecular weight is 807 g/mol. The fourth-order valence-electron chi connectivity index (χ4n) is 4.79. The van der Waals surface area contributed by atoms with Gasteiger partial charge in [0.25, 0.3) is 0 Å². The van der Waals surface area contributed by atoms with Gasteiger partial charge < -0.3 is 49.6 Å². The van der Waals surface area contributed by atoms with Gasteiger partial charge in [-0.25, -0.2) is 0 Å². The van der Waals surface area contributed by atoms with E-state index in [4.69, 9.17) is 0 Å². The first-order valence-electron chi connectivity index (χ1n) is 9.11. The first kappa shape index (κ1) is 42.5. The zero-order chi connectivity index (χ0) is 15.8. The number of hydrogen-bond acceptors (Lipinski definition) is 0.